The van der Waals surface area contributed by atoms with Crippen LogP contribution in [0.1, 0.15) is 65.9 Å². The number of carbonyl (C=O) groups excluding carboxylic acids is 1. The number of halogens is 1. The number of carbonyl (C=O) groups is 1. The van der Waals surface area contributed by atoms with E-state index >= 15 is 0 Å². The maximum atomic E-state index is 13.6. The van der Waals surface area contributed by atoms with Gasteiger partial charge in [-0.05, 0) is 87.3 Å². The fourth-order valence-corrected chi connectivity index (χ4v) is 6.05. The molecule has 198 valence electrons. The molecule has 1 fully saturated rings. The minimum Gasteiger partial charge on any atom is -0.493 e. The number of alkyl halides is 1. The van der Waals surface area contributed by atoms with Crippen LogP contribution < -0.4 is 14.8 Å². The van der Waals surface area contributed by atoms with E-state index in [9.17, 15) is 4.79 Å². The van der Waals surface area contributed by atoms with Crippen LogP contribution in [0, 0.1) is 0 Å². The van der Waals surface area contributed by atoms with Crippen LogP contribution in [0.25, 0.3) is 5.57 Å². The molecule has 0 unspecified atom stereocenters. The van der Waals surface area contributed by atoms with Gasteiger partial charge in [0.15, 0.2) is 11.5 Å². The first kappa shape index (κ1) is 26.1. The van der Waals surface area contributed by atoms with Gasteiger partial charge in [0.2, 0.25) is 0 Å². The average Bonchev–Trinajstić information content (AvgIpc) is 3.31. The third-order valence-electron chi connectivity index (χ3n) is 7.95. The smallest absolute Gasteiger partial charge is 0.260 e. The third kappa shape index (κ3) is 5.83. The number of hydrogen-bond acceptors (Lipinski definition) is 5. The summed E-state index contributed by atoms with van der Waals surface area (Å²) in [5.74, 6) is 1.94. The van der Waals surface area contributed by atoms with Crippen LogP contribution >= 0.6 is 15.9 Å². The summed E-state index contributed by atoms with van der Waals surface area (Å²) in [5.41, 5.74) is 5.30. The number of likely N-dealkylation sites (tertiary alicyclic amines) is 1. The second-order valence-corrected chi connectivity index (χ2v) is 11.2. The largest absolute Gasteiger partial charge is 0.493 e. The fourth-order valence-electron chi connectivity index (χ4n) is 5.65. The van der Waals surface area contributed by atoms with E-state index in [1.165, 1.54) is 42.6 Å². The van der Waals surface area contributed by atoms with Gasteiger partial charge in [-0.15, -0.1) is 0 Å². The average molecular weight is 569 g/mol. The summed E-state index contributed by atoms with van der Waals surface area (Å²) in [4.78, 5) is 17.9. The minimum absolute atomic E-state index is 0.00474. The highest BCUT2D eigenvalue weighted by Gasteiger charge is 2.35. The molecule has 37 heavy (non-hydrogen) atoms. The lowest BCUT2D eigenvalue weighted by Gasteiger charge is -2.29. The number of hydrogen-bond donors (Lipinski definition) is 1. The monoisotopic (exact) mass is 567 g/mol. The first-order valence-electron chi connectivity index (χ1n) is 13.5. The normalized spacial score (nSPS) is 20.1. The predicted octanol–water partition coefficient (Wildman–Crippen LogP) is 6.13. The van der Waals surface area contributed by atoms with E-state index in [2.05, 4.69) is 63.7 Å². The number of ether oxygens (including phenoxy) is 2. The molecule has 0 radical (unpaired) electrons. The van der Waals surface area contributed by atoms with Crippen molar-refractivity contribution in [3.63, 3.8) is 0 Å². The number of nitrogens with one attached hydrogen (secondary N) is 1. The number of nitrogens with zero attached hydrogens (tertiary/aromatic N) is 2. The lowest BCUT2D eigenvalue weighted by molar-refractivity contribution is 0.0796. The summed E-state index contributed by atoms with van der Waals surface area (Å²) in [5, 5.41) is 4.53. The fraction of sp³-hybridized carbons (Fsp3) is 0.500. The van der Waals surface area contributed by atoms with Gasteiger partial charge < -0.3 is 24.6 Å². The maximum Gasteiger partial charge on any atom is 0.260 e. The lowest BCUT2D eigenvalue weighted by Crippen LogP contribution is -2.34. The Kier molecular flexibility index (Phi) is 8.40. The standard InChI is InChI=1S/C30H38BrN3O3/c1-33-13-10-23(11-14-33)21-6-8-22(9-7-21)24-16-25-19-32-27-18-29(37-15-5-3-4-12-31)28(36-2)17-26(27)30(35)34(25)20-24/h6-9,17-18,20,23,25,32H,3-5,10-16,19H2,1-2H3/t25-/m0/s1. The van der Waals surface area contributed by atoms with E-state index in [0.717, 1.165) is 36.7 Å². The van der Waals surface area contributed by atoms with E-state index < -0.39 is 0 Å². The van der Waals surface area contributed by atoms with Crippen LogP contribution in [-0.2, 0) is 0 Å². The van der Waals surface area contributed by atoms with E-state index in [1.807, 2.05) is 17.0 Å². The molecule has 0 aromatic heterocycles. The van der Waals surface area contributed by atoms with E-state index in [0.29, 0.717) is 36.1 Å². The van der Waals surface area contributed by atoms with Crippen molar-refractivity contribution in [2.24, 2.45) is 0 Å². The maximum absolute atomic E-state index is 13.6. The Morgan fingerprint density at radius 3 is 2.57 bits per heavy atom. The topological polar surface area (TPSA) is 54.0 Å². The van der Waals surface area contributed by atoms with E-state index in [1.54, 1.807) is 7.11 Å². The van der Waals surface area contributed by atoms with Crippen LogP contribution in [0.15, 0.2) is 42.6 Å². The second-order valence-electron chi connectivity index (χ2n) is 10.5. The van der Waals surface area contributed by atoms with Gasteiger partial charge in [-0.3, -0.25) is 4.79 Å². The van der Waals surface area contributed by atoms with Crippen LogP contribution in [0.4, 0.5) is 5.69 Å². The highest BCUT2D eigenvalue weighted by atomic mass is 79.9. The molecule has 7 heteroatoms. The van der Waals surface area contributed by atoms with Gasteiger partial charge in [-0.1, -0.05) is 40.2 Å². The molecule has 1 N–H and O–H groups in total. The third-order valence-corrected chi connectivity index (χ3v) is 8.51. The molecule has 2 aromatic rings. The highest BCUT2D eigenvalue weighted by Crippen LogP contribution is 2.39. The van der Waals surface area contributed by atoms with Crippen molar-refractivity contribution in [2.75, 3.05) is 51.0 Å². The number of rotatable bonds is 9. The Hall–Kier alpha value is -2.51. The number of amides is 1. The Balaban J connectivity index is 1.30. The van der Waals surface area contributed by atoms with Crippen LogP contribution in [-0.4, -0.2) is 67.5 Å². The van der Waals surface area contributed by atoms with E-state index in [4.69, 9.17) is 9.47 Å². The molecule has 3 aliphatic heterocycles. The van der Waals surface area contributed by atoms with Crippen molar-refractivity contribution in [1.82, 2.24) is 9.80 Å². The summed E-state index contributed by atoms with van der Waals surface area (Å²) >= 11 is 3.47. The number of benzene rings is 2. The molecule has 3 aliphatic rings. The number of methoxy groups -OCH3 is 1. The second kappa shape index (κ2) is 11.9. The van der Waals surface area contributed by atoms with Gasteiger partial charge >= 0.3 is 0 Å². The van der Waals surface area contributed by atoms with Crippen LogP contribution in [0.3, 0.4) is 0 Å². The Bertz CT molecular complexity index is 1130. The molecule has 0 aliphatic carbocycles. The number of unbranched alkanes of at least 4 members (excludes halogenated alkanes) is 2. The molecule has 0 bridgehead atoms. The van der Waals surface area contributed by atoms with Gasteiger partial charge in [0.05, 0.1) is 31.0 Å². The van der Waals surface area contributed by atoms with Gasteiger partial charge in [-0.25, -0.2) is 0 Å². The molecule has 0 saturated carbocycles. The molecule has 1 atom stereocenters. The van der Waals surface area contributed by atoms with Gasteiger partial charge in [0.1, 0.15) is 0 Å². The summed E-state index contributed by atoms with van der Waals surface area (Å²) in [6.07, 6.45) is 8.57. The first-order chi connectivity index (χ1) is 18.1. The minimum atomic E-state index is 0.00474. The van der Waals surface area contributed by atoms with Gasteiger partial charge in [-0.2, -0.15) is 0 Å². The van der Waals surface area contributed by atoms with Crippen molar-refractivity contribution in [1.29, 1.82) is 0 Å². The molecule has 1 saturated heterocycles. The number of anilines is 1. The van der Waals surface area contributed by atoms with Crippen molar-refractivity contribution in [3.05, 3.63) is 59.3 Å². The number of piperidine rings is 1. The molecule has 1 amide bonds. The molecule has 2 aromatic carbocycles. The van der Waals surface area contributed by atoms with Crippen molar-refractivity contribution in [2.45, 2.75) is 50.5 Å². The SMILES string of the molecule is COc1cc2c(cc1OCCCCCBr)NC[C@@H]1CC(c3ccc(C4CCN(C)CC4)cc3)=CN1C2=O. The Morgan fingerprint density at radius 1 is 1.05 bits per heavy atom. The van der Waals surface area contributed by atoms with Crippen LogP contribution in [0.5, 0.6) is 11.5 Å². The Morgan fingerprint density at radius 2 is 1.84 bits per heavy atom. The molecule has 0 spiro atoms. The molecule has 3 heterocycles. The molecular formula is C30H38BrN3O3. The predicted molar refractivity (Wildman–Crippen MR) is 153 cm³/mol. The lowest BCUT2D eigenvalue weighted by atomic mass is 9.88. The zero-order valence-electron chi connectivity index (χ0n) is 22.0. The molecule has 6 nitrogen and oxygen atoms in total. The summed E-state index contributed by atoms with van der Waals surface area (Å²) in [6, 6.07) is 12.9. The van der Waals surface area contributed by atoms with Crippen LogP contribution in [0.2, 0.25) is 0 Å². The van der Waals surface area contributed by atoms with Crippen molar-refractivity contribution < 1.29 is 14.3 Å². The molecular weight excluding hydrogens is 530 g/mol. The summed E-state index contributed by atoms with van der Waals surface area (Å²) < 4.78 is 11.6. The zero-order chi connectivity index (χ0) is 25.8. The summed E-state index contributed by atoms with van der Waals surface area (Å²) in [6.45, 7) is 3.66. The number of fused-ring (bicyclic) bond motifs is 2. The quantitative estimate of drug-likeness (QED) is 0.292. The Labute approximate surface area is 229 Å². The first-order valence-corrected chi connectivity index (χ1v) is 14.7. The summed E-state index contributed by atoms with van der Waals surface area (Å²) in [7, 11) is 3.83. The zero-order valence-corrected chi connectivity index (χ0v) is 23.6. The van der Waals surface area contributed by atoms with Crippen molar-refractivity contribution in [3.8, 4) is 11.5 Å². The van der Waals surface area contributed by atoms with E-state index in [-0.39, 0.29) is 11.9 Å². The van der Waals surface area contributed by atoms with Gasteiger partial charge in [0.25, 0.3) is 5.91 Å². The highest BCUT2D eigenvalue weighted by molar-refractivity contribution is 9.09. The van der Waals surface area contributed by atoms with Gasteiger partial charge in [0, 0.05) is 24.1 Å². The molecule has 5 rings (SSSR count). The van der Waals surface area contributed by atoms with Crippen molar-refractivity contribution >= 4 is 33.1 Å².